The molecule has 0 bridgehead atoms. The molecule has 0 aliphatic carbocycles. The van der Waals surface area contributed by atoms with Gasteiger partial charge < -0.3 is 9.47 Å². The van der Waals surface area contributed by atoms with Crippen LogP contribution in [0.4, 0.5) is 0 Å². The molecule has 1 aromatic rings. The molecule has 0 spiro atoms. The molecule has 3 nitrogen and oxygen atoms in total. The summed E-state index contributed by atoms with van der Waals surface area (Å²) in [5.74, 6) is 0.858. The van der Waals surface area contributed by atoms with Gasteiger partial charge in [0.1, 0.15) is 0 Å². The van der Waals surface area contributed by atoms with Gasteiger partial charge >= 0.3 is 5.97 Å². The summed E-state index contributed by atoms with van der Waals surface area (Å²) in [5.41, 5.74) is 0.986. The van der Waals surface area contributed by atoms with Gasteiger partial charge in [0.2, 0.25) is 0 Å². The Morgan fingerprint density at radius 3 is 2.44 bits per heavy atom. The molecule has 1 aliphatic heterocycles. The van der Waals surface area contributed by atoms with Crippen molar-refractivity contribution in [3.8, 4) is 11.5 Å². The van der Waals surface area contributed by atoms with Crippen molar-refractivity contribution < 1.29 is 14.3 Å². The Kier molecular flexibility index (Phi) is 7.21. The van der Waals surface area contributed by atoms with Crippen molar-refractivity contribution in [1.82, 2.24) is 0 Å². The average molecular weight is 584 g/mol. The largest absolute Gasteiger partial charge is 0.478 e. The van der Waals surface area contributed by atoms with E-state index in [-0.39, 0.29) is 12.6 Å². The molecule has 0 N–H and O–H groups in total. The van der Waals surface area contributed by atoms with Gasteiger partial charge in [0.05, 0.1) is 1.59 Å². The van der Waals surface area contributed by atoms with E-state index < -0.39 is 0 Å². The van der Waals surface area contributed by atoms with Crippen molar-refractivity contribution in [1.29, 1.82) is 0 Å². The van der Waals surface area contributed by atoms with Crippen molar-refractivity contribution >= 4 is 73.7 Å². The zero-order valence-electron chi connectivity index (χ0n) is 9.80. The number of halogens is 3. The van der Waals surface area contributed by atoms with Crippen molar-refractivity contribution in [3.63, 3.8) is 0 Å². The molecule has 1 heterocycles. The van der Waals surface area contributed by atoms with Gasteiger partial charge in [-0.15, -0.1) is 0 Å². The molecule has 1 aromatic carbocycles. The maximum absolute atomic E-state index is 10.8. The molecule has 98 valence electrons. The summed E-state index contributed by atoms with van der Waals surface area (Å²) >= 11 is 6.88. The second kappa shape index (κ2) is 7.88. The summed E-state index contributed by atoms with van der Waals surface area (Å²) in [4.78, 5) is 10.8. The lowest BCUT2D eigenvalue weighted by molar-refractivity contribution is -0.138. The van der Waals surface area contributed by atoms with Crippen LogP contribution in [0.3, 0.4) is 0 Å². The Balaban J connectivity index is 0.000000232. The van der Waals surface area contributed by atoms with Crippen LogP contribution in [0.1, 0.15) is 12.5 Å². The Morgan fingerprint density at radius 1 is 1.28 bits per heavy atom. The van der Waals surface area contributed by atoms with Crippen LogP contribution in [0, 0.1) is 6.92 Å². The molecule has 0 saturated carbocycles. The maximum Gasteiger partial charge on any atom is 0.349 e. The van der Waals surface area contributed by atoms with Gasteiger partial charge in [-0.25, -0.2) is 4.79 Å². The minimum atomic E-state index is -0.340. The average Bonchev–Trinajstić information content (AvgIpc) is 2.29. The van der Waals surface area contributed by atoms with Crippen molar-refractivity contribution in [3.05, 3.63) is 28.9 Å². The maximum atomic E-state index is 10.8. The first-order chi connectivity index (χ1) is 8.41. The Labute approximate surface area is 147 Å². The van der Waals surface area contributed by atoms with Crippen LogP contribution < -0.4 is 9.47 Å². The van der Waals surface area contributed by atoms with Gasteiger partial charge in [-0.2, -0.15) is 0 Å². The molecule has 0 amide bonds. The summed E-state index contributed by atoms with van der Waals surface area (Å²) in [6, 6.07) is 5.47. The third-order valence-corrected chi connectivity index (χ3v) is 6.22. The van der Waals surface area contributed by atoms with Crippen LogP contribution in [0.25, 0.3) is 0 Å². The lowest BCUT2D eigenvalue weighted by Gasteiger charge is -2.17. The fourth-order valence-corrected chi connectivity index (χ4v) is 1.17. The molecule has 6 heteroatoms. The summed E-state index contributed by atoms with van der Waals surface area (Å²) in [6.45, 7) is 4.02. The van der Waals surface area contributed by atoms with E-state index in [1.807, 2.05) is 19.1 Å². The van der Waals surface area contributed by atoms with Crippen LogP contribution in [-0.4, -0.2) is 12.6 Å². The van der Waals surface area contributed by atoms with Gasteiger partial charge in [0.15, 0.2) is 18.1 Å². The van der Waals surface area contributed by atoms with E-state index in [4.69, 9.17) is 9.47 Å². The van der Waals surface area contributed by atoms with Gasteiger partial charge in [-0.05, 0) is 93.2 Å². The third kappa shape index (κ3) is 5.19. The minimum absolute atomic E-state index is 0.0118. The van der Waals surface area contributed by atoms with E-state index in [2.05, 4.69) is 74.7 Å². The van der Waals surface area contributed by atoms with Crippen LogP contribution >= 0.6 is 67.8 Å². The number of benzene rings is 1. The lowest BCUT2D eigenvalue weighted by atomic mass is 10.2. The van der Waals surface area contributed by atoms with E-state index in [9.17, 15) is 4.79 Å². The third-order valence-electron chi connectivity index (χ3n) is 1.99. The molecule has 2 rings (SSSR count). The highest BCUT2D eigenvalue weighted by atomic mass is 127. The van der Waals surface area contributed by atoms with Crippen molar-refractivity contribution in [2.45, 2.75) is 13.8 Å². The van der Waals surface area contributed by atoms with Gasteiger partial charge in [-0.3, -0.25) is 0 Å². The molecule has 0 radical (unpaired) electrons. The monoisotopic (exact) mass is 584 g/mol. The van der Waals surface area contributed by atoms with E-state index in [1.54, 1.807) is 6.07 Å². The highest BCUT2D eigenvalue weighted by Gasteiger charge is 2.18. The summed E-state index contributed by atoms with van der Waals surface area (Å²) in [6.07, 6.45) is 0. The van der Waals surface area contributed by atoms with E-state index in [1.165, 1.54) is 5.17 Å². The smallest absolute Gasteiger partial charge is 0.349 e. The van der Waals surface area contributed by atoms with Crippen LogP contribution in [0.2, 0.25) is 0 Å². The number of ether oxygens (including phenoxy) is 2. The van der Waals surface area contributed by atoms with Gasteiger partial charge in [0, 0.05) is 3.58 Å². The molecule has 18 heavy (non-hydrogen) atoms. The Morgan fingerprint density at radius 2 is 1.89 bits per heavy atom. The molecule has 0 atom stereocenters. The minimum Gasteiger partial charge on any atom is -0.478 e. The Bertz CT molecular complexity index is 465. The van der Waals surface area contributed by atoms with E-state index >= 15 is 0 Å². The normalized spacial score (nSPS) is 12.4. The molecule has 0 unspecified atom stereocenters. The van der Waals surface area contributed by atoms with Crippen LogP contribution in [0.5, 0.6) is 11.5 Å². The molecule has 0 fully saturated rings. The number of carbonyl (C=O) groups excluding carboxylic acids is 1. The summed E-state index contributed by atoms with van der Waals surface area (Å²) in [7, 11) is 0. The first-order valence-electron chi connectivity index (χ1n) is 5.02. The SMILES string of the molecule is CC(I)=C(I)I.Cc1cccc2c1OCC(=O)O2. The number of allylic oxidation sites excluding steroid dienone is 1. The number of carbonyl (C=O) groups is 1. The van der Waals surface area contributed by atoms with E-state index in [0.29, 0.717) is 11.5 Å². The number of hydrogen-bond donors (Lipinski definition) is 0. The zero-order chi connectivity index (χ0) is 13.7. The predicted molar refractivity (Wildman–Crippen MR) is 97.1 cm³/mol. The molecule has 1 aliphatic rings. The fourth-order valence-electron chi connectivity index (χ4n) is 1.17. The van der Waals surface area contributed by atoms with Crippen LogP contribution in [-0.2, 0) is 4.79 Å². The highest BCUT2D eigenvalue weighted by Crippen LogP contribution is 2.32. The first kappa shape index (κ1) is 16.5. The van der Waals surface area contributed by atoms with Crippen molar-refractivity contribution in [2.75, 3.05) is 6.61 Å². The molecule has 0 saturated heterocycles. The van der Waals surface area contributed by atoms with Crippen LogP contribution in [0.15, 0.2) is 23.4 Å². The molecular formula is C12H11I3O3. The topological polar surface area (TPSA) is 35.5 Å². The number of fused-ring (bicyclic) bond motifs is 1. The number of aryl methyl sites for hydroxylation is 1. The predicted octanol–water partition coefficient (Wildman–Crippen LogP) is 4.77. The number of para-hydroxylation sites is 1. The second-order valence-corrected chi connectivity index (χ2v) is 9.30. The molecule has 0 aromatic heterocycles. The standard InChI is InChI=1S/C9H8O3.C3H3I3/c1-6-3-2-4-7-9(6)11-5-8(10)12-7;1-2(4)3(5)6/h2-4H,5H2,1H3;1H3. The number of hydrogen-bond acceptors (Lipinski definition) is 3. The van der Waals surface area contributed by atoms with Crippen molar-refractivity contribution in [2.24, 2.45) is 0 Å². The Hall–Kier alpha value is 0.420. The first-order valence-corrected chi connectivity index (χ1v) is 8.26. The van der Waals surface area contributed by atoms with Gasteiger partial charge in [0.25, 0.3) is 0 Å². The summed E-state index contributed by atoms with van der Waals surface area (Å²) < 4.78 is 12.9. The number of rotatable bonds is 0. The highest BCUT2D eigenvalue weighted by molar-refractivity contribution is 14.2. The number of esters is 1. The summed E-state index contributed by atoms with van der Waals surface area (Å²) in [5, 5.41) is 0. The zero-order valence-corrected chi connectivity index (χ0v) is 16.3. The fraction of sp³-hybridized carbons (Fsp3) is 0.250. The van der Waals surface area contributed by atoms with E-state index in [0.717, 1.165) is 5.56 Å². The van der Waals surface area contributed by atoms with Gasteiger partial charge in [-0.1, -0.05) is 12.1 Å². The lowest BCUT2D eigenvalue weighted by Crippen LogP contribution is -2.23. The molecular weight excluding hydrogens is 573 g/mol. The second-order valence-electron chi connectivity index (χ2n) is 3.46. The quantitative estimate of drug-likeness (QED) is 0.251.